The van der Waals surface area contributed by atoms with E-state index < -0.39 is 34.9 Å². The predicted molar refractivity (Wildman–Crippen MR) is 148 cm³/mol. The van der Waals surface area contributed by atoms with Crippen molar-refractivity contribution in [3.63, 3.8) is 0 Å². The Balaban J connectivity index is 1.38. The van der Waals surface area contributed by atoms with Gasteiger partial charge in [-0.05, 0) is 50.6 Å². The molecule has 0 spiro atoms. The molecule has 4 aromatic rings. The first-order valence-electron chi connectivity index (χ1n) is 13.1. The molecule has 1 aromatic heterocycles. The van der Waals surface area contributed by atoms with E-state index in [1.807, 2.05) is 35.2 Å². The van der Waals surface area contributed by atoms with Crippen molar-refractivity contribution in [2.75, 3.05) is 36.0 Å². The van der Waals surface area contributed by atoms with Crippen LogP contribution in [0.2, 0.25) is 0 Å². The standard InChI is InChI=1S/C29H29F2N5O5/c1-29(2,3)41-28(39)35-15-13-34(14-16-35)21-22(24(38)23(21)37)36(20-7-5-4-6-8-20)17-18-9-11-19(12-10-18)26-32-33-27(40-26)25(30)31/h4-12,25H,13-17H2,1-3H3. The van der Waals surface area contributed by atoms with Gasteiger partial charge < -0.3 is 23.9 Å². The number of para-hydroxylation sites is 1. The lowest BCUT2D eigenvalue weighted by Crippen LogP contribution is -2.54. The van der Waals surface area contributed by atoms with Crippen LogP contribution in [0.1, 0.15) is 38.7 Å². The van der Waals surface area contributed by atoms with Crippen LogP contribution in [0.3, 0.4) is 0 Å². The van der Waals surface area contributed by atoms with E-state index in [9.17, 15) is 23.2 Å². The summed E-state index contributed by atoms with van der Waals surface area (Å²) in [5.41, 5.74) is 0.829. The Kier molecular flexibility index (Phi) is 7.57. The molecular formula is C29H29F2N5O5. The fourth-order valence-corrected chi connectivity index (χ4v) is 4.63. The molecule has 1 fully saturated rings. The molecule has 1 aliphatic heterocycles. The highest BCUT2D eigenvalue weighted by molar-refractivity contribution is 5.82. The zero-order valence-corrected chi connectivity index (χ0v) is 22.8. The second-order valence-electron chi connectivity index (χ2n) is 10.7. The van der Waals surface area contributed by atoms with Crippen molar-refractivity contribution in [1.29, 1.82) is 0 Å². The number of alkyl halides is 2. The first-order chi connectivity index (χ1) is 19.5. The SMILES string of the molecule is CC(C)(C)OC(=O)N1CCN(c2c(N(Cc3ccc(-c4nnc(C(F)F)o4)cc3)c3ccccc3)c(=O)c2=O)CC1. The molecule has 1 aliphatic rings. The van der Waals surface area contributed by atoms with Crippen molar-refractivity contribution in [1.82, 2.24) is 15.1 Å². The van der Waals surface area contributed by atoms with E-state index in [1.54, 1.807) is 54.8 Å². The van der Waals surface area contributed by atoms with Crippen molar-refractivity contribution in [3.8, 4) is 11.5 Å². The lowest BCUT2D eigenvalue weighted by molar-refractivity contribution is 0.0240. The normalized spacial score (nSPS) is 14.1. The third-order valence-corrected chi connectivity index (χ3v) is 6.61. The number of anilines is 3. The van der Waals surface area contributed by atoms with Crippen molar-refractivity contribution in [3.05, 3.63) is 86.5 Å². The minimum atomic E-state index is -2.86. The molecule has 0 bridgehead atoms. The summed E-state index contributed by atoms with van der Waals surface area (Å²) in [5, 5.41) is 7.03. The topological polar surface area (TPSA) is 109 Å². The van der Waals surface area contributed by atoms with E-state index in [0.29, 0.717) is 37.4 Å². The molecule has 0 radical (unpaired) electrons. The van der Waals surface area contributed by atoms with Gasteiger partial charge in [0, 0.05) is 44.0 Å². The number of piperazine rings is 1. The fourth-order valence-electron chi connectivity index (χ4n) is 4.63. The van der Waals surface area contributed by atoms with Crippen LogP contribution in [0.15, 0.2) is 68.6 Å². The number of aromatic nitrogens is 2. The van der Waals surface area contributed by atoms with E-state index in [2.05, 4.69) is 10.2 Å². The summed E-state index contributed by atoms with van der Waals surface area (Å²) < 4.78 is 36.2. The van der Waals surface area contributed by atoms with Crippen LogP contribution in [-0.4, -0.2) is 53.0 Å². The summed E-state index contributed by atoms with van der Waals surface area (Å²) in [5.74, 6) is -0.777. The van der Waals surface area contributed by atoms with Crippen LogP contribution in [0, 0.1) is 0 Å². The average Bonchev–Trinajstić information content (AvgIpc) is 3.45. The lowest BCUT2D eigenvalue weighted by atomic mass is 10.1. The van der Waals surface area contributed by atoms with Crippen molar-refractivity contribution < 1.29 is 22.7 Å². The maximum absolute atomic E-state index is 13.0. The highest BCUT2D eigenvalue weighted by Gasteiger charge is 2.34. The molecular weight excluding hydrogens is 536 g/mol. The molecule has 3 aromatic carbocycles. The summed E-state index contributed by atoms with van der Waals surface area (Å²) in [4.78, 5) is 43.6. The lowest BCUT2D eigenvalue weighted by Gasteiger charge is -2.39. The Labute approximate surface area is 234 Å². The van der Waals surface area contributed by atoms with Gasteiger partial charge in [0.25, 0.3) is 16.7 Å². The molecule has 0 unspecified atom stereocenters. The third-order valence-electron chi connectivity index (χ3n) is 6.61. The molecule has 12 heteroatoms. The highest BCUT2D eigenvalue weighted by Crippen LogP contribution is 2.33. The number of hydrogen-bond acceptors (Lipinski definition) is 9. The summed E-state index contributed by atoms with van der Waals surface area (Å²) in [7, 11) is 0. The Morgan fingerprint density at radius 1 is 0.976 bits per heavy atom. The Hall–Kier alpha value is -4.61. The van der Waals surface area contributed by atoms with Crippen LogP contribution >= 0.6 is 0 Å². The van der Waals surface area contributed by atoms with Gasteiger partial charge in [0.1, 0.15) is 17.0 Å². The molecule has 0 aliphatic carbocycles. The maximum atomic E-state index is 13.0. The number of rotatable bonds is 7. The summed E-state index contributed by atoms with van der Waals surface area (Å²) in [6.07, 6.45) is -3.27. The van der Waals surface area contributed by atoms with Crippen LogP contribution in [0.4, 0.5) is 30.6 Å². The monoisotopic (exact) mass is 565 g/mol. The molecule has 0 saturated carbocycles. The third kappa shape index (κ3) is 5.96. The van der Waals surface area contributed by atoms with E-state index in [4.69, 9.17) is 9.15 Å². The fraction of sp³-hybridized carbons (Fsp3) is 0.345. The quantitative estimate of drug-likeness (QED) is 0.296. The van der Waals surface area contributed by atoms with Gasteiger partial charge in [-0.15, -0.1) is 10.2 Å². The van der Waals surface area contributed by atoms with Crippen molar-refractivity contribution >= 4 is 23.2 Å². The predicted octanol–water partition coefficient (Wildman–Crippen LogP) is 4.67. The zero-order chi connectivity index (χ0) is 29.3. The first-order valence-corrected chi connectivity index (χ1v) is 13.1. The van der Waals surface area contributed by atoms with Crippen LogP contribution in [0.25, 0.3) is 11.5 Å². The average molecular weight is 566 g/mol. The summed E-state index contributed by atoms with van der Waals surface area (Å²) >= 11 is 0. The number of benzene rings is 2. The minimum Gasteiger partial charge on any atom is -0.444 e. The number of carbonyl (C=O) groups is 1. The number of ether oxygens (including phenoxy) is 1. The summed E-state index contributed by atoms with van der Waals surface area (Å²) in [6, 6.07) is 16.1. The smallest absolute Gasteiger partial charge is 0.410 e. The van der Waals surface area contributed by atoms with Gasteiger partial charge in [0.05, 0.1) is 0 Å². The van der Waals surface area contributed by atoms with E-state index in [0.717, 1.165) is 11.3 Å². The molecule has 10 nitrogen and oxygen atoms in total. The molecule has 41 heavy (non-hydrogen) atoms. The highest BCUT2D eigenvalue weighted by atomic mass is 19.3. The second kappa shape index (κ2) is 11.1. The molecule has 214 valence electrons. The maximum Gasteiger partial charge on any atom is 0.410 e. The van der Waals surface area contributed by atoms with Crippen LogP contribution in [-0.2, 0) is 11.3 Å². The van der Waals surface area contributed by atoms with E-state index >= 15 is 0 Å². The van der Waals surface area contributed by atoms with E-state index in [-0.39, 0.29) is 18.1 Å². The molecule has 2 heterocycles. The van der Waals surface area contributed by atoms with Crippen LogP contribution in [0.5, 0.6) is 0 Å². The van der Waals surface area contributed by atoms with Gasteiger partial charge in [-0.2, -0.15) is 8.78 Å². The minimum absolute atomic E-state index is 0.0259. The molecule has 0 atom stereocenters. The largest absolute Gasteiger partial charge is 0.444 e. The Morgan fingerprint density at radius 2 is 1.63 bits per heavy atom. The van der Waals surface area contributed by atoms with Crippen molar-refractivity contribution in [2.24, 2.45) is 0 Å². The van der Waals surface area contributed by atoms with Gasteiger partial charge in [0.15, 0.2) is 0 Å². The van der Waals surface area contributed by atoms with E-state index in [1.165, 1.54) is 0 Å². The second-order valence-corrected chi connectivity index (χ2v) is 10.7. The molecule has 0 N–H and O–H groups in total. The molecule has 1 amide bonds. The number of carbonyl (C=O) groups excluding carboxylic acids is 1. The zero-order valence-electron chi connectivity index (χ0n) is 22.8. The van der Waals surface area contributed by atoms with Gasteiger partial charge in [-0.3, -0.25) is 9.59 Å². The van der Waals surface area contributed by atoms with Gasteiger partial charge in [-0.25, -0.2) is 4.79 Å². The number of nitrogens with zero attached hydrogens (tertiary/aromatic N) is 5. The molecule has 1 saturated heterocycles. The number of amides is 1. The van der Waals surface area contributed by atoms with Gasteiger partial charge in [-0.1, -0.05) is 30.3 Å². The summed E-state index contributed by atoms with van der Waals surface area (Å²) in [6.45, 7) is 7.11. The number of halogens is 2. The number of hydrogen-bond donors (Lipinski definition) is 0. The Bertz CT molecular complexity index is 1580. The Morgan fingerprint density at radius 3 is 2.22 bits per heavy atom. The van der Waals surface area contributed by atoms with Gasteiger partial charge in [0.2, 0.25) is 5.89 Å². The molecule has 5 rings (SSSR count). The first kappa shape index (κ1) is 27.9. The van der Waals surface area contributed by atoms with Crippen molar-refractivity contribution in [2.45, 2.75) is 39.3 Å². The van der Waals surface area contributed by atoms with Crippen LogP contribution < -0.4 is 20.7 Å². The van der Waals surface area contributed by atoms with Gasteiger partial charge >= 0.3 is 12.5 Å².